The number of ether oxygens (including phenoxy) is 1. The van der Waals surface area contributed by atoms with E-state index in [0.29, 0.717) is 5.56 Å². The molecular weight excluding hydrogens is 331 g/mol. The predicted molar refractivity (Wildman–Crippen MR) is 67.7 cm³/mol. The van der Waals surface area contributed by atoms with E-state index in [-0.39, 0.29) is 10.1 Å². The molecule has 1 aliphatic heterocycles. The molecule has 0 radical (unpaired) electrons. The molecule has 1 aliphatic rings. The first-order valence-electron chi connectivity index (χ1n) is 4.70. The Morgan fingerprint density at radius 1 is 1.29 bits per heavy atom. The number of carbonyl (C=O) groups is 1. The number of aliphatic hydroxyl groups is 1. The monoisotopic (exact) mass is 336 g/mol. The lowest BCUT2D eigenvalue weighted by Crippen LogP contribution is -2.20. The number of halogens is 3. The molecule has 6 heteroatoms. The number of benzene rings is 1. The maximum absolute atomic E-state index is 11.2. The largest absolute Gasteiger partial charge is 0.449 e. The summed E-state index contributed by atoms with van der Waals surface area (Å²) in [6, 6.07) is 6.96. The van der Waals surface area contributed by atoms with Gasteiger partial charge in [0.05, 0.1) is 5.03 Å². The summed E-state index contributed by atoms with van der Waals surface area (Å²) in [6.45, 7) is 0. The molecule has 0 saturated carbocycles. The van der Waals surface area contributed by atoms with E-state index in [1.54, 1.807) is 24.3 Å². The van der Waals surface area contributed by atoms with E-state index < -0.39 is 18.2 Å². The van der Waals surface area contributed by atoms with Crippen LogP contribution >= 0.6 is 39.1 Å². The second-order valence-electron chi connectivity index (χ2n) is 3.48. The third-order valence-corrected chi connectivity index (χ3v) is 3.76. The van der Waals surface area contributed by atoms with Crippen LogP contribution in [0, 0.1) is 0 Å². The van der Waals surface area contributed by atoms with Gasteiger partial charge in [-0.05, 0) is 17.7 Å². The van der Waals surface area contributed by atoms with Crippen LogP contribution in [0.1, 0.15) is 11.7 Å². The Morgan fingerprint density at radius 3 is 2.35 bits per heavy atom. The van der Waals surface area contributed by atoms with Gasteiger partial charge in [-0.25, -0.2) is 4.79 Å². The van der Waals surface area contributed by atoms with Crippen LogP contribution in [0.3, 0.4) is 0 Å². The van der Waals surface area contributed by atoms with Gasteiger partial charge >= 0.3 is 5.97 Å². The van der Waals surface area contributed by atoms with Gasteiger partial charge in [0, 0.05) is 4.47 Å². The number of carbonyl (C=O) groups excluding carboxylic acids is 1. The Labute approximate surface area is 116 Å². The Bertz CT molecular complexity index is 484. The van der Waals surface area contributed by atoms with Crippen LogP contribution in [0.15, 0.2) is 38.8 Å². The fourth-order valence-corrected chi connectivity index (χ4v) is 2.14. The molecule has 0 amide bonds. The average Bonchev–Trinajstić information content (AvgIpc) is 2.57. The number of rotatable bonds is 2. The number of cyclic esters (lactones) is 1. The minimum atomic E-state index is -1.03. The molecule has 1 N–H and O–H groups in total. The topological polar surface area (TPSA) is 46.5 Å². The Hall–Kier alpha value is -0.550. The van der Waals surface area contributed by atoms with Gasteiger partial charge in [-0.1, -0.05) is 51.3 Å². The molecule has 90 valence electrons. The van der Waals surface area contributed by atoms with Crippen LogP contribution in [0.25, 0.3) is 0 Å². The zero-order valence-corrected chi connectivity index (χ0v) is 11.5. The van der Waals surface area contributed by atoms with Crippen LogP contribution in [0.5, 0.6) is 0 Å². The van der Waals surface area contributed by atoms with Crippen LogP contribution in [-0.2, 0) is 9.53 Å². The number of hydrogen-bond donors (Lipinski definition) is 1. The third kappa shape index (κ3) is 2.50. The van der Waals surface area contributed by atoms with Gasteiger partial charge in [0.15, 0.2) is 6.10 Å². The van der Waals surface area contributed by atoms with Crippen LogP contribution in [0.2, 0.25) is 0 Å². The van der Waals surface area contributed by atoms with Crippen molar-refractivity contribution in [1.29, 1.82) is 0 Å². The fourth-order valence-electron chi connectivity index (χ4n) is 1.48. The Kier molecular flexibility index (Phi) is 3.78. The molecule has 0 bridgehead atoms. The number of hydrogen-bond acceptors (Lipinski definition) is 3. The lowest BCUT2D eigenvalue weighted by Gasteiger charge is -2.18. The lowest BCUT2D eigenvalue weighted by atomic mass is 10.0. The van der Waals surface area contributed by atoms with Crippen LogP contribution < -0.4 is 0 Å². The summed E-state index contributed by atoms with van der Waals surface area (Å²) in [4.78, 5) is 11.2. The van der Waals surface area contributed by atoms with E-state index in [1.165, 1.54) is 0 Å². The minimum Gasteiger partial charge on any atom is -0.449 e. The molecule has 2 rings (SSSR count). The SMILES string of the molecule is O=C1O[C@H]([C@H](O)c2ccc(Br)cc2)C(Cl)=C1Cl. The van der Waals surface area contributed by atoms with Crippen molar-refractivity contribution in [3.8, 4) is 0 Å². The van der Waals surface area contributed by atoms with Crippen molar-refractivity contribution in [3.05, 3.63) is 44.4 Å². The van der Waals surface area contributed by atoms with Crippen LogP contribution in [0.4, 0.5) is 0 Å². The number of aliphatic hydroxyl groups excluding tert-OH is 1. The summed E-state index contributed by atoms with van der Waals surface area (Å²) in [5.74, 6) is -0.710. The molecule has 1 aromatic carbocycles. The fraction of sp³-hybridized carbons (Fsp3) is 0.182. The standard InChI is InChI=1S/C11H7BrCl2O3/c12-6-3-1-5(2-4-6)9(15)10-7(13)8(14)11(16)17-10/h1-4,9-10,15H/t9-,10+/m1/s1. The molecule has 17 heavy (non-hydrogen) atoms. The zero-order chi connectivity index (χ0) is 12.6. The molecule has 0 spiro atoms. The molecule has 0 saturated heterocycles. The lowest BCUT2D eigenvalue weighted by molar-refractivity contribution is -0.143. The molecule has 3 nitrogen and oxygen atoms in total. The first kappa shape index (κ1) is 12.9. The van der Waals surface area contributed by atoms with E-state index in [1.807, 2.05) is 0 Å². The molecule has 0 unspecified atom stereocenters. The van der Waals surface area contributed by atoms with Gasteiger partial charge < -0.3 is 9.84 Å². The van der Waals surface area contributed by atoms with E-state index >= 15 is 0 Å². The quantitative estimate of drug-likeness (QED) is 0.843. The van der Waals surface area contributed by atoms with Crippen molar-refractivity contribution in [2.75, 3.05) is 0 Å². The second kappa shape index (κ2) is 4.98. The highest BCUT2D eigenvalue weighted by atomic mass is 79.9. The van der Waals surface area contributed by atoms with Gasteiger partial charge in [-0.3, -0.25) is 0 Å². The summed E-state index contributed by atoms with van der Waals surface area (Å²) >= 11 is 14.7. The van der Waals surface area contributed by atoms with Crippen molar-refractivity contribution in [3.63, 3.8) is 0 Å². The molecule has 0 aliphatic carbocycles. The summed E-state index contributed by atoms with van der Waals surface area (Å²) in [5.41, 5.74) is 0.593. The van der Waals surface area contributed by atoms with Crippen molar-refractivity contribution in [2.24, 2.45) is 0 Å². The smallest absolute Gasteiger partial charge is 0.351 e. The first-order chi connectivity index (χ1) is 8.00. The number of esters is 1. The molecular formula is C11H7BrCl2O3. The minimum absolute atomic E-state index is 0.0343. The highest BCUT2D eigenvalue weighted by Gasteiger charge is 2.37. The second-order valence-corrected chi connectivity index (χ2v) is 5.19. The predicted octanol–water partition coefficient (Wildman–Crippen LogP) is 3.10. The highest BCUT2D eigenvalue weighted by Crippen LogP contribution is 2.36. The van der Waals surface area contributed by atoms with E-state index in [0.717, 1.165) is 4.47 Å². The zero-order valence-electron chi connectivity index (χ0n) is 8.36. The van der Waals surface area contributed by atoms with E-state index in [4.69, 9.17) is 27.9 Å². The summed E-state index contributed by atoms with van der Waals surface area (Å²) in [5, 5.41) is 9.91. The maximum Gasteiger partial charge on any atom is 0.351 e. The third-order valence-electron chi connectivity index (χ3n) is 2.37. The normalized spacial score (nSPS) is 21.6. The molecule has 1 heterocycles. The van der Waals surface area contributed by atoms with Crippen molar-refractivity contribution >= 4 is 45.1 Å². The average molecular weight is 338 g/mol. The van der Waals surface area contributed by atoms with Gasteiger partial charge in [0.25, 0.3) is 0 Å². The summed E-state index contributed by atoms with van der Waals surface area (Å²) in [7, 11) is 0. The summed E-state index contributed by atoms with van der Waals surface area (Å²) < 4.78 is 5.78. The van der Waals surface area contributed by atoms with Gasteiger partial charge in [0.2, 0.25) is 0 Å². The van der Waals surface area contributed by atoms with Crippen molar-refractivity contribution < 1.29 is 14.6 Å². The van der Waals surface area contributed by atoms with Gasteiger partial charge in [0.1, 0.15) is 11.1 Å². The molecule has 0 fully saturated rings. The van der Waals surface area contributed by atoms with Crippen molar-refractivity contribution in [2.45, 2.75) is 12.2 Å². The van der Waals surface area contributed by atoms with E-state index in [9.17, 15) is 9.90 Å². The van der Waals surface area contributed by atoms with Crippen LogP contribution in [-0.4, -0.2) is 17.2 Å². The first-order valence-corrected chi connectivity index (χ1v) is 6.25. The molecule has 2 atom stereocenters. The van der Waals surface area contributed by atoms with Gasteiger partial charge in [-0.2, -0.15) is 0 Å². The van der Waals surface area contributed by atoms with E-state index in [2.05, 4.69) is 15.9 Å². The van der Waals surface area contributed by atoms with Gasteiger partial charge in [-0.15, -0.1) is 0 Å². The Morgan fingerprint density at radius 2 is 1.88 bits per heavy atom. The van der Waals surface area contributed by atoms with Crippen molar-refractivity contribution in [1.82, 2.24) is 0 Å². The Balaban J connectivity index is 2.25. The highest BCUT2D eigenvalue weighted by molar-refractivity contribution is 9.10. The maximum atomic E-state index is 11.2. The summed E-state index contributed by atoms with van der Waals surface area (Å²) in [6.07, 6.45) is -1.96. The molecule has 1 aromatic rings. The molecule has 0 aromatic heterocycles.